The number of rotatable bonds is 12. The number of unbranched alkanes of at least 4 members (excludes halogenated alkanes) is 7. The molecule has 0 nitrogen and oxygen atoms in total. The zero-order valence-corrected chi connectivity index (χ0v) is 21.0. The molecular weight excluding hydrogens is 447 g/mol. The average molecular weight is 483 g/mol. The third kappa shape index (κ3) is 6.50. The maximum Gasteiger partial charge on any atom is -1.00 e. The molecule has 160 valence electrons. The van der Waals surface area contributed by atoms with Gasteiger partial charge in [0.2, 0.25) is 0 Å². The van der Waals surface area contributed by atoms with Crippen LogP contribution in [0, 0.1) is 0 Å². The number of hydrogen-bond donors (Lipinski definition) is 0. The zero-order valence-electron chi connectivity index (χ0n) is 18.3. The van der Waals surface area contributed by atoms with Crippen molar-refractivity contribution in [1.29, 1.82) is 0 Å². The first kappa shape index (κ1) is 24.8. The maximum atomic E-state index is 2.39. The van der Waals surface area contributed by atoms with Gasteiger partial charge in [0.1, 0.15) is 0 Å². The van der Waals surface area contributed by atoms with E-state index in [0.29, 0.717) is 0 Å². The minimum atomic E-state index is -2.46. The van der Waals surface area contributed by atoms with E-state index in [9.17, 15) is 0 Å². The summed E-state index contributed by atoms with van der Waals surface area (Å²) in [5, 5.41) is 1.32. The molecule has 2 heteroatoms. The molecule has 0 radical (unpaired) electrons. The van der Waals surface area contributed by atoms with Crippen molar-refractivity contribution in [3.63, 3.8) is 0 Å². The third-order valence-electron chi connectivity index (χ3n) is 5.94. The van der Waals surface area contributed by atoms with E-state index >= 15 is 0 Å². The van der Waals surface area contributed by atoms with E-state index in [1.807, 2.05) is 0 Å². The van der Waals surface area contributed by atoms with Crippen LogP contribution in [0.5, 0.6) is 0 Å². The monoisotopic (exact) mass is 482 g/mol. The Hall–Kier alpha value is -1.49. The van der Waals surface area contributed by atoms with Crippen molar-refractivity contribution in [2.24, 2.45) is 0 Å². The van der Waals surface area contributed by atoms with Gasteiger partial charge in [-0.3, -0.25) is 0 Å². The standard InChI is InChI=1S/C28H36As.ClH/c1-2-3-4-5-6-7-8-18-25-29(26-19-12-9-13-20-26,27-21-14-10-15-22-27)28-23-16-11-17-24-28;/h9-17,19-24H,2-8,18,25H2,1H3;1H/q+1;/p-1. The van der Waals surface area contributed by atoms with Crippen LogP contribution in [0.15, 0.2) is 91.0 Å². The van der Waals surface area contributed by atoms with Crippen LogP contribution in [0.4, 0.5) is 0 Å². The van der Waals surface area contributed by atoms with E-state index in [2.05, 4.69) is 97.9 Å². The predicted molar refractivity (Wildman–Crippen MR) is 131 cm³/mol. The number of halogens is 1. The van der Waals surface area contributed by atoms with Gasteiger partial charge in [0.05, 0.1) is 0 Å². The Bertz CT molecular complexity index is 705. The molecule has 0 heterocycles. The molecule has 0 N–H and O–H groups in total. The fourth-order valence-corrected chi connectivity index (χ4v) is 13.6. The Kier molecular flexibility index (Phi) is 11.3. The quantitative estimate of drug-likeness (QED) is 0.274. The van der Waals surface area contributed by atoms with Gasteiger partial charge in [-0.1, -0.05) is 0 Å². The van der Waals surface area contributed by atoms with Crippen molar-refractivity contribution >= 4 is 26.6 Å². The molecule has 3 aromatic rings. The van der Waals surface area contributed by atoms with Crippen LogP contribution in [0.2, 0.25) is 5.21 Å². The molecule has 0 atom stereocenters. The Morgan fingerprint density at radius 1 is 0.467 bits per heavy atom. The summed E-state index contributed by atoms with van der Waals surface area (Å²) >= 11 is -2.46. The van der Waals surface area contributed by atoms with Crippen LogP contribution in [-0.4, -0.2) is 13.6 Å². The van der Waals surface area contributed by atoms with Crippen LogP contribution in [0.1, 0.15) is 58.3 Å². The topological polar surface area (TPSA) is 0 Å². The molecule has 0 fully saturated rings. The zero-order chi connectivity index (χ0) is 20.2. The van der Waals surface area contributed by atoms with Gasteiger partial charge in [-0.05, 0) is 0 Å². The Morgan fingerprint density at radius 3 is 1.17 bits per heavy atom. The first-order valence-corrected chi connectivity index (χ1v) is 15.6. The molecule has 0 aliphatic heterocycles. The molecule has 0 aliphatic rings. The van der Waals surface area contributed by atoms with E-state index in [-0.39, 0.29) is 12.4 Å². The molecule has 0 aliphatic carbocycles. The molecule has 30 heavy (non-hydrogen) atoms. The van der Waals surface area contributed by atoms with Gasteiger partial charge in [0.15, 0.2) is 0 Å². The van der Waals surface area contributed by atoms with Gasteiger partial charge in [0.25, 0.3) is 0 Å². The van der Waals surface area contributed by atoms with Crippen molar-refractivity contribution in [3.8, 4) is 0 Å². The molecule has 3 rings (SSSR count). The van der Waals surface area contributed by atoms with Crippen molar-refractivity contribution in [2.45, 2.75) is 63.5 Å². The minimum absolute atomic E-state index is 0. The average Bonchev–Trinajstić information content (AvgIpc) is 2.80. The predicted octanol–water partition coefficient (Wildman–Crippen LogP) is 3.30. The second kappa shape index (κ2) is 13.7. The van der Waals surface area contributed by atoms with E-state index in [0.717, 1.165) is 0 Å². The smallest absolute Gasteiger partial charge is 1.00 e. The molecule has 0 saturated carbocycles. The normalized spacial score (nSPS) is 11.1. The van der Waals surface area contributed by atoms with Crippen molar-refractivity contribution in [2.75, 3.05) is 0 Å². The van der Waals surface area contributed by atoms with Gasteiger partial charge in [-0.25, -0.2) is 0 Å². The summed E-state index contributed by atoms with van der Waals surface area (Å²) in [5.74, 6) is 0. The summed E-state index contributed by atoms with van der Waals surface area (Å²) < 4.78 is 4.72. The van der Waals surface area contributed by atoms with Crippen LogP contribution in [-0.2, 0) is 0 Å². The second-order valence-electron chi connectivity index (χ2n) is 8.01. The summed E-state index contributed by atoms with van der Waals surface area (Å²) in [6.07, 6.45) is 11.0. The molecular formula is C28H36AsCl. The first-order valence-electron chi connectivity index (χ1n) is 11.4. The van der Waals surface area contributed by atoms with Crippen molar-refractivity contribution in [1.82, 2.24) is 0 Å². The minimum Gasteiger partial charge on any atom is -1.00 e. The Morgan fingerprint density at radius 2 is 0.800 bits per heavy atom. The molecule has 0 spiro atoms. The fraction of sp³-hybridized carbons (Fsp3) is 0.357. The van der Waals surface area contributed by atoms with Crippen LogP contribution in [0.25, 0.3) is 0 Å². The van der Waals surface area contributed by atoms with Gasteiger partial charge >= 0.3 is 181 Å². The fourth-order valence-electron chi connectivity index (χ4n) is 4.36. The Labute approximate surface area is 193 Å². The first-order chi connectivity index (χ1) is 14.4. The largest absolute Gasteiger partial charge is 1.00 e. The second-order valence-corrected chi connectivity index (χ2v) is 15.6. The molecule has 0 aromatic heterocycles. The summed E-state index contributed by atoms with van der Waals surface area (Å²) in [4.78, 5) is 0. The van der Waals surface area contributed by atoms with Crippen LogP contribution in [0.3, 0.4) is 0 Å². The van der Waals surface area contributed by atoms with E-state index in [1.165, 1.54) is 56.6 Å². The maximum absolute atomic E-state index is 2.46. The van der Waals surface area contributed by atoms with E-state index < -0.39 is 13.6 Å². The molecule has 0 saturated heterocycles. The van der Waals surface area contributed by atoms with Gasteiger partial charge in [-0.15, -0.1) is 0 Å². The molecule has 0 amide bonds. The summed E-state index contributed by atoms with van der Waals surface area (Å²) in [5.41, 5.74) is 0. The van der Waals surface area contributed by atoms with Crippen molar-refractivity contribution < 1.29 is 12.4 Å². The van der Waals surface area contributed by atoms with E-state index in [1.54, 1.807) is 13.1 Å². The third-order valence-corrected chi connectivity index (χ3v) is 15.4. The number of benzene rings is 3. The molecule has 3 aromatic carbocycles. The van der Waals surface area contributed by atoms with Crippen molar-refractivity contribution in [3.05, 3.63) is 91.0 Å². The van der Waals surface area contributed by atoms with Gasteiger partial charge < -0.3 is 12.4 Å². The summed E-state index contributed by atoms with van der Waals surface area (Å²) in [6.45, 7) is 2.29. The SMILES string of the molecule is CCCCCCCCCC[As+](c1ccccc1)(c1ccccc1)c1ccccc1.[Cl-]. The Balaban J connectivity index is 0.00000320. The van der Waals surface area contributed by atoms with Crippen LogP contribution < -0.4 is 25.5 Å². The van der Waals surface area contributed by atoms with E-state index in [4.69, 9.17) is 0 Å². The van der Waals surface area contributed by atoms with Gasteiger partial charge in [0, 0.05) is 0 Å². The summed E-state index contributed by atoms with van der Waals surface area (Å²) in [6, 6.07) is 34.1. The molecule has 0 bridgehead atoms. The van der Waals surface area contributed by atoms with Crippen LogP contribution >= 0.6 is 0 Å². The summed E-state index contributed by atoms with van der Waals surface area (Å²) in [7, 11) is 0. The van der Waals surface area contributed by atoms with Gasteiger partial charge in [-0.2, -0.15) is 0 Å². The number of hydrogen-bond acceptors (Lipinski definition) is 0. The molecule has 0 unspecified atom stereocenters.